The molecule has 29 aromatic carbocycles. The molecule has 0 radical (unpaired) electrons. The van der Waals surface area contributed by atoms with E-state index in [-0.39, 0.29) is 5.75 Å². The highest BCUT2D eigenvalue weighted by Crippen LogP contribution is 2.85. The molecule has 0 amide bonds. The van der Waals surface area contributed by atoms with Crippen molar-refractivity contribution < 1.29 is 14.7 Å². The molecule has 0 aromatic heterocycles. The van der Waals surface area contributed by atoms with Crippen molar-refractivity contribution in [2.24, 2.45) is 5.16 Å². The van der Waals surface area contributed by atoms with Gasteiger partial charge >= 0.3 is 0 Å². The first-order chi connectivity index (χ1) is 35.8. The van der Waals surface area contributed by atoms with Gasteiger partial charge in [0.05, 0.1) is 7.11 Å². The maximum absolute atomic E-state index is 11.7. The second-order valence-corrected chi connectivity index (χ2v) is 25.6. The fourth-order valence-electron chi connectivity index (χ4n) is 25.1. The summed E-state index contributed by atoms with van der Waals surface area (Å²) in [5, 5.41) is 101. The van der Waals surface area contributed by atoms with E-state index in [0.717, 1.165) is 17.0 Å². The predicted octanol–water partition coefficient (Wildman–Crippen LogP) is 17.4. The normalized spacial score (nSPS) is 22.0. The lowest BCUT2D eigenvalue weighted by molar-refractivity contribution is -0.0122. The van der Waals surface area contributed by atoms with Crippen molar-refractivity contribution in [2.75, 3.05) is 7.11 Å². The van der Waals surface area contributed by atoms with Crippen LogP contribution in [-0.2, 0) is 15.9 Å². The second-order valence-electron chi connectivity index (χ2n) is 25.6. The molecule has 4 nitrogen and oxygen atoms in total. The quantitative estimate of drug-likeness (QED) is 0.176. The van der Waals surface area contributed by atoms with Crippen molar-refractivity contribution in [3.63, 3.8) is 0 Å². The number of nitrogens with zero attached hydrogens (tertiary/aromatic N) is 1. The Kier molecular flexibility index (Phi) is 2.22. The molecule has 4 heteroatoms. The van der Waals surface area contributed by atoms with E-state index < -0.39 is 11.0 Å². The molecule has 0 fully saturated rings. The van der Waals surface area contributed by atoms with Crippen molar-refractivity contribution in [3.8, 4) is 11.5 Å². The SMILES string of the molecule is COc1ccc(O)cc1C1=NOC23c4c5c6c7c8c9c(c%10c%11c2c2c4c4c%12c5c5c6c6c8c8c%13c9c9c%10c%10c%11c%11c2c2c4c4c%12c%12c5c5c6c8c6c8c%13c9c9c%10c%10c%11c2c2c4c4c%12c5c6c5c8c9c%10c2c45)C173. The first-order valence-corrected chi connectivity index (χ1v) is 26.2. The summed E-state index contributed by atoms with van der Waals surface area (Å²) >= 11 is 0. The monoisotopic (exact) mass is 885 g/mol. The van der Waals surface area contributed by atoms with Gasteiger partial charge in [-0.1, -0.05) is 5.16 Å². The van der Waals surface area contributed by atoms with E-state index in [0.29, 0.717) is 0 Å². The average molecular weight is 886 g/mol. The van der Waals surface area contributed by atoms with Crippen molar-refractivity contribution in [1.29, 1.82) is 0 Å². The summed E-state index contributed by atoms with van der Waals surface area (Å²) in [7, 11) is 1.79. The third-order valence-corrected chi connectivity index (χ3v) is 25.3. The van der Waals surface area contributed by atoms with Crippen LogP contribution in [0.1, 0.15) is 27.8 Å². The van der Waals surface area contributed by atoms with Crippen LogP contribution in [0.25, 0.3) is 291 Å². The molecule has 72 heavy (non-hydrogen) atoms. The number of phenols is 1. The van der Waals surface area contributed by atoms with E-state index in [9.17, 15) is 5.11 Å². The maximum atomic E-state index is 11.7. The predicted molar refractivity (Wildman–Crippen MR) is 296 cm³/mol. The van der Waals surface area contributed by atoms with Crippen molar-refractivity contribution in [1.82, 2.24) is 0 Å². The Morgan fingerprint density at radius 1 is 0.319 bits per heavy atom. The molecule has 2 spiro atoms. The first-order valence-electron chi connectivity index (χ1n) is 26.2. The summed E-state index contributed by atoms with van der Waals surface area (Å²) in [6.07, 6.45) is 0. The molecule has 302 valence electrons. The fourth-order valence-corrected chi connectivity index (χ4v) is 25.1. The minimum absolute atomic E-state index is 0.221. The van der Waals surface area contributed by atoms with Crippen LogP contribution in [0.4, 0.5) is 0 Å². The Bertz CT molecular complexity index is 7380. The van der Waals surface area contributed by atoms with Crippen LogP contribution in [0, 0.1) is 0 Å². The maximum Gasteiger partial charge on any atom is 0.209 e. The summed E-state index contributed by atoms with van der Waals surface area (Å²) in [6, 6.07) is 5.69. The summed E-state index contributed by atoms with van der Waals surface area (Å²) in [5.41, 5.74) is 5.59. The van der Waals surface area contributed by atoms with Gasteiger partial charge in [-0.25, -0.2) is 0 Å². The van der Waals surface area contributed by atoms with Crippen LogP contribution in [-0.4, -0.2) is 17.9 Å². The molecule has 29 aromatic rings. The number of ether oxygens (including phenoxy) is 1. The number of hydrogen-bond acceptors (Lipinski definition) is 4. The Labute approximate surface area is 390 Å². The molecule has 0 unspecified atom stereocenters. The van der Waals surface area contributed by atoms with E-state index in [1.807, 2.05) is 12.1 Å². The number of methoxy groups -OCH3 is 1. The highest BCUT2D eigenvalue weighted by molar-refractivity contribution is 6.82. The zero-order chi connectivity index (χ0) is 43.0. The summed E-state index contributed by atoms with van der Waals surface area (Å²) in [5.74, 6) is 0.948. The average Bonchev–Trinajstić information content (AvgIpc) is 4.23. The fraction of sp³-hybridized carbons (Fsp3) is 0.0441. The first kappa shape index (κ1) is 26.7. The lowest BCUT2D eigenvalue weighted by Crippen LogP contribution is -2.54. The Balaban J connectivity index is 1.16. The van der Waals surface area contributed by atoms with Crippen LogP contribution < -0.4 is 4.74 Å². The number of oxime groups is 1. The number of phenolic OH excluding ortho intramolecular Hbond substituents is 1. The van der Waals surface area contributed by atoms with Gasteiger partial charge in [-0.05, 0) is 320 Å². The topological polar surface area (TPSA) is 51.0 Å². The van der Waals surface area contributed by atoms with Crippen LogP contribution in [0.3, 0.4) is 0 Å². The molecule has 34 rings (SSSR count). The Hall–Kier alpha value is -9.25. The molecular weight excluding hydrogens is 879 g/mol. The van der Waals surface area contributed by atoms with E-state index in [1.165, 1.54) is 119 Å². The molecule has 0 bridgehead atoms. The highest BCUT2D eigenvalue weighted by atomic mass is 16.7. The lowest BCUT2D eigenvalue weighted by Gasteiger charge is -2.47. The van der Waals surface area contributed by atoms with Crippen molar-refractivity contribution in [3.05, 3.63) is 46.0 Å². The van der Waals surface area contributed by atoms with E-state index in [1.54, 1.807) is 207 Å². The Morgan fingerprint density at radius 3 is 0.778 bits per heavy atom. The number of aromatic hydroxyl groups is 1. The van der Waals surface area contributed by atoms with E-state index in [2.05, 4.69) is 0 Å². The molecule has 0 atom stereocenters. The van der Waals surface area contributed by atoms with Gasteiger partial charge in [-0.15, -0.1) is 0 Å². The third kappa shape index (κ3) is 1.39. The minimum atomic E-state index is -0.982. The van der Waals surface area contributed by atoms with E-state index in [4.69, 9.17) is 14.7 Å². The van der Waals surface area contributed by atoms with Gasteiger partial charge in [0.1, 0.15) is 22.6 Å². The van der Waals surface area contributed by atoms with E-state index >= 15 is 0 Å². The summed E-state index contributed by atoms with van der Waals surface area (Å²) in [6.45, 7) is 0. The standard InChI is InChI=1S/C68H7NO3/c1-71-7-3-2-5(70)4-6(7)66-67-62-54-46-36-26-18-10-8-9-12-16-14(10)22-30-24(16)34-28-20(12)21-13(9)17-15-11(8)19(18)27-33-23(15)31-25(17)35-29(21)39-38(28)50-44(34)52-42(30)48(40(46)32(22)26)56(62)58(52)64-60(50)61-51(39)45(35)53-43(31)49-41(33)47(37(27)36)55(54)63(67)57(49)59(53)65(61)68(64,67)72-69-66/h2-4,70H,1H3. The molecule has 0 saturated carbocycles. The molecule has 5 aliphatic rings. The summed E-state index contributed by atoms with van der Waals surface area (Å²) in [4.78, 5) is 8.09. The number of hydrogen-bond donors (Lipinski definition) is 1. The summed E-state index contributed by atoms with van der Waals surface area (Å²) < 4.78 is 6.44. The van der Waals surface area contributed by atoms with Crippen molar-refractivity contribution in [2.45, 2.75) is 11.0 Å². The molecule has 4 aliphatic carbocycles. The zero-order valence-corrected chi connectivity index (χ0v) is 36.4. The van der Waals surface area contributed by atoms with Crippen LogP contribution >= 0.6 is 0 Å². The van der Waals surface area contributed by atoms with Crippen LogP contribution in [0.15, 0.2) is 23.4 Å². The number of rotatable bonds is 2. The molecule has 1 heterocycles. The van der Waals surface area contributed by atoms with Crippen LogP contribution in [0.5, 0.6) is 11.5 Å². The highest BCUT2D eigenvalue weighted by Gasteiger charge is 2.76. The molecular formula is C68H7NO3. The lowest BCUT2D eigenvalue weighted by atomic mass is 9.52. The zero-order valence-electron chi connectivity index (χ0n) is 36.4. The van der Waals surface area contributed by atoms with Gasteiger partial charge in [0.25, 0.3) is 0 Å². The van der Waals surface area contributed by atoms with Gasteiger partial charge < -0.3 is 14.7 Å². The second kappa shape index (κ2) is 6.01. The Morgan fingerprint density at radius 2 is 0.542 bits per heavy atom. The van der Waals surface area contributed by atoms with Crippen LogP contribution in [0.2, 0.25) is 0 Å². The third-order valence-electron chi connectivity index (χ3n) is 25.3. The minimum Gasteiger partial charge on any atom is -0.508 e. The molecule has 1 N–H and O–H groups in total. The van der Waals surface area contributed by atoms with Gasteiger partial charge in [-0.2, -0.15) is 0 Å². The molecule has 1 aliphatic heterocycles. The molecule has 0 saturated heterocycles. The van der Waals surface area contributed by atoms with Gasteiger partial charge in [0, 0.05) is 16.7 Å². The van der Waals surface area contributed by atoms with Crippen molar-refractivity contribution >= 4 is 297 Å². The van der Waals surface area contributed by atoms with Gasteiger partial charge in [0.2, 0.25) is 5.60 Å². The largest absolute Gasteiger partial charge is 0.508 e. The number of benzene rings is 19. The van der Waals surface area contributed by atoms with Gasteiger partial charge in [0.15, 0.2) is 0 Å². The van der Waals surface area contributed by atoms with Gasteiger partial charge in [-0.3, -0.25) is 0 Å². The smallest absolute Gasteiger partial charge is 0.209 e.